The highest BCUT2D eigenvalue weighted by Gasteiger charge is 2.21. The summed E-state index contributed by atoms with van der Waals surface area (Å²) in [6.07, 6.45) is 0. The van der Waals surface area contributed by atoms with E-state index in [9.17, 15) is 5.26 Å². The Labute approximate surface area is 234 Å². The summed E-state index contributed by atoms with van der Waals surface area (Å²) < 4.78 is 10.9. The summed E-state index contributed by atoms with van der Waals surface area (Å²) >= 11 is 0. The largest absolute Gasteiger partial charge is 0.456 e. The molecule has 4 heteroatoms. The minimum absolute atomic E-state index is 0.637. The number of furan rings is 1. The highest BCUT2D eigenvalue weighted by Crippen LogP contribution is 2.42. The molecule has 0 saturated carbocycles. The second-order valence-corrected chi connectivity index (χ2v) is 10.5. The van der Waals surface area contributed by atoms with Crippen LogP contribution >= 0.6 is 0 Å². The third-order valence-corrected chi connectivity index (χ3v) is 8.32. The number of hydrogen-bond donors (Lipinski definition) is 0. The second kappa shape index (κ2) is 8.11. The van der Waals surface area contributed by atoms with Crippen molar-refractivity contribution in [3.63, 3.8) is 0 Å². The van der Waals surface area contributed by atoms with Crippen LogP contribution in [0.5, 0.6) is 0 Å². The number of benzene rings is 6. The molecule has 9 aromatic rings. The molecule has 0 aliphatic heterocycles. The second-order valence-electron chi connectivity index (χ2n) is 10.5. The van der Waals surface area contributed by atoms with Crippen molar-refractivity contribution in [3.8, 4) is 17.4 Å². The predicted molar refractivity (Wildman–Crippen MR) is 167 cm³/mol. The standard InChI is InChI=1S/C37H21N3O/c38-22-23-8-7-9-24(20-23)39-32-13-4-1-10-26(32)29-17-18-30-27-11-2-5-14-33(27)40(37(30)36(29)39)25-16-19-35-31(21-25)28-12-3-6-15-34(28)41-35/h1-21H. The van der Waals surface area contributed by atoms with E-state index in [1.54, 1.807) is 0 Å². The summed E-state index contributed by atoms with van der Waals surface area (Å²) in [4.78, 5) is 0. The van der Waals surface area contributed by atoms with Crippen LogP contribution in [0.2, 0.25) is 0 Å². The van der Waals surface area contributed by atoms with Crippen molar-refractivity contribution in [2.45, 2.75) is 0 Å². The molecule has 0 spiro atoms. The molecule has 0 N–H and O–H groups in total. The fraction of sp³-hybridized carbons (Fsp3) is 0. The van der Waals surface area contributed by atoms with Crippen LogP contribution in [-0.4, -0.2) is 9.13 Å². The zero-order chi connectivity index (χ0) is 27.1. The molecule has 9 rings (SSSR count). The number of hydrogen-bond acceptors (Lipinski definition) is 2. The van der Waals surface area contributed by atoms with Gasteiger partial charge in [-0.15, -0.1) is 0 Å². The lowest BCUT2D eigenvalue weighted by Gasteiger charge is -2.13. The first-order valence-electron chi connectivity index (χ1n) is 13.7. The van der Waals surface area contributed by atoms with Crippen molar-refractivity contribution in [1.82, 2.24) is 9.13 Å². The summed E-state index contributed by atoms with van der Waals surface area (Å²) in [5.74, 6) is 0. The quantitative estimate of drug-likeness (QED) is 0.226. The summed E-state index contributed by atoms with van der Waals surface area (Å²) in [7, 11) is 0. The minimum Gasteiger partial charge on any atom is -0.456 e. The minimum atomic E-state index is 0.637. The van der Waals surface area contributed by atoms with Gasteiger partial charge in [0.25, 0.3) is 0 Å². The van der Waals surface area contributed by atoms with Crippen LogP contribution in [0.1, 0.15) is 5.56 Å². The molecule has 190 valence electrons. The van der Waals surface area contributed by atoms with E-state index in [2.05, 4.69) is 112 Å². The molecule has 0 fully saturated rings. The summed E-state index contributed by atoms with van der Waals surface area (Å²) in [5.41, 5.74) is 8.95. The zero-order valence-corrected chi connectivity index (χ0v) is 21.9. The van der Waals surface area contributed by atoms with Gasteiger partial charge >= 0.3 is 0 Å². The van der Waals surface area contributed by atoms with E-state index in [0.717, 1.165) is 55.4 Å². The highest BCUT2D eigenvalue weighted by atomic mass is 16.3. The maximum Gasteiger partial charge on any atom is 0.135 e. The smallest absolute Gasteiger partial charge is 0.135 e. The number of nitrogens with zero attached hydrogens (tertiary/aromatic N) is 3. The summed E-state index contributed by atoms with van der Waals surface area (Å²) in [6.45, 7) is 0. The summed E-state index contributed by atoms with van der Waals surface area (Å²) in [5, 5.41) is 16.7. The van der Waals surface area contributed by atoms with Crippen LogP contribution < -0.4 is 0 Å². The Balaban J connectivity index is 1.50. The number of aromatic nitrogens is 2. The molecule has 0 atom stereocenters. The molecule has 0 unspecified atom stereocenters. The van der Waals surface area contributed by atoms with Gasteiger partial charge in [-0.1, -0.05) is 72.8 Å². The first-order valence-corrected chi connectivity index (χ1v) is 13.7. The van der Waals surface area contributed by atoms with Crippen LogP contribution in [0.3, 0.4) is 0 Å². The SMILES string of the molecule is N#Cc1cccc(-n2c3ccccc3c3ccc4c5ccccc5n(-c5ccc6oc7ccccc7c6c5)c4c32)c1. The third-order valence-electron chi connectivity index (χ3n) is 8.32. The Bertz CT molecular complexity index is 2550. The van der Waals surface area contributed by atoms with Crippen LogP contribution in [0.15, 0.2) is 132 Å². The van der Waals surface area contributed by atoms with Gasteiger partial charge in [0, 0.05) is 43.7 Å². The molecule has 6 aromatic carbocycles. The normalized spacial score (nSPS) is 11.9. The molecule has 0 saturated heterocycles. The van der Waals surface area contributed by atoms with E-state index in [1.807, 2.05) is 30.3 Å². The first kappa shape index (κ1) is 22.1. The predicted octanol–water partition coefficient (Wildman–Crippen LogP) is 9.65. The molecule has 0 aliphatic carbocycles. The number of nitriles is 1. The molecule has 3 aromatic heterocycles. The van der Waals surface area contributed by atoms with Gasteiger partial charge in [0.2, 0.25) is 0 Å². The lowest BCUT2D eigenvalue weighted by atomic mass is 10.1. The number of para-hydroxylation sites is 3. The molecule has 41 heavy (non-hydrogen) atoms. The summed E-state index contributed by atoms with van der Waals surface area (Å²) in [6, 6.07) is 46.5. The van der Waals surface area contributed by atoms with Gasteiger partial charge in [0.1, 0.15) is 11.2 Å². The van der Waals surface area contributed by atoms with Crippen molar-refractivity contribution in [2.24, 2.45) is 0 Å². The monoisotopic (exact) mass is 523 g/mol. The van der Waals surface area contributed by atoms with Crippen LogP contribution in [-0.2, 0) is 0 Å². The Morgan fingerprint density at radius 2 is 1.05 bits per heavy atom. The average molecular weight is 524 g/mol. The van der Waals surface area contributed by atoms with E-state index >= 15 is 0 Å². The number of fused-ring (bicyclic) bond motifs is 10. The van der Waals surface area contributed by atoms with Gasteiger partial charge < -0.3 is 13.6 Å². The van der Waals surface area contributed by atoms with Crippen molar-refractivity contribution in [2.75, 3.05) is 0 Å². The molecule has 4 nitrogen and oxygen atoms in total. The fourth-order valence-corrected chi connectivity index (χ4v) is 6.60. The van der Waals surface area contributed by atoms with E-state index in [0.29, 0.717) is 5.56 Å². The topological polar surface area (TPSA) is 46.8 Å². The first-order chi connectivity index (χ1) is 20.3. The lowest BCUT2D eigenvalue weighted by molar-refractivity contribution is 0.669. The fourth-order valence-electron chi connectivity index (χ4n) is 6.60. The lowest BCUT2D eigenvalue weighted by Crippen LogP contribution is -1.99. The molecular formula is C37H21N3O. The Morgan fingerprint density at radius 3 is 1.73 bits per heavy atom. The molecule has 3 heterocycles. The van der Waals surface area contributed by atoms with Gasteiger partial charge in [-0.3, -0.25) is 0 Å². The van der Waals surface area contributed by atoms with E-state index in [1.165, 1.54) is 21.5 Å². The maximum atomic E-state index is 9.72. The zero-order valence-electron chi connectivity index (χ0n) is 21.9. The number of rotatable bonds is 2. The average Bonchev–Trinajstić information content (AvgIpc) is 3.68. The van der Waals surface area contributed by atoms with Crippen LogP contribution in [0, 0.1) is 11.3 Å². The Morgan fingerprint density at radius 1 is 0.463 bits per heavy atom. The van der Waals surface area contributed by atoms with Gasteiger partial charge in [-0.05, 0) is 54.6 Å². The van der Waals surface area contributed by atoms with Gasteiger partial charge in [0.15, 0.2) is 0 Å². The third kappa shape index (κ3) is 2.98. The van der Waals surface area contributed by atoms with E-state index in [-0.39, 0.29) is 0 Å². The van der Waals surface area contributed by atoms with E-state index in [4.69, 9.17) is 4.42 Å². The van der Waals surface area contributed by atoms with Gasteiger partial charge in [0.05, 0.1) is 33.7 Å². The van der Waals surface area contributed by atoms with Crippen molar-refractivity contribution in [3.05, 3.63) is 133 Å². The molecule has 0 radical (unpaired) electrons. The van der Waals surface area contributed by atoms with Gasteiger partial charge in [-0.25, -0.2) is 0 Å². The molecule has 0 aliphatic rings. The Hall–Kier alpha value is -5.79. The maximum absolute atomic E-state index is 9.72. The molecule has 0 bridgehead atoms. The van der Waals surface area contributed by atoms with Gasteiger partial charge in [-0.2, -0.15) is 5.26 Å². The van der Waals surface area contributed by atoms with Crippen molar-refractivity contribution >= 4 is 65.6 Å². The van der Waals surface area contributed by atoms with Crippen LogP contribution in [0.25, 0.3) is 76.9 Å². The van der Waals surface area contributed by atoms with Crippen molar-refractivity contribution < 1.29 is 4.42 Å². The Kier molecular flexibility index (Phi) is 4.37. The van der Waals surface area contributed by atoms with Crippen LogP contribution in [0.4, 0.5) is 0 Å². The highest BCUT2D eigenvalue weighted by molar-refractivity contribution is 6.24. The van der Waals surface area contributed by atoms with Crippen molar-refractivity contribution in [1.29, 1.82) is 5.26 Å². The van der Waals surface area contributed by atoms with E-state index < -0.39 is 0 Å². The molecule has 0 amide bonds. The molecular weight excluding hydrogens is 502 g/mol.